The number of alkyl halides is 3. The van der Waals surface area contributed by atoms with Crippen LogP contribution in [-0.2, 0) is 10.0 Å². The van der Waals surface area contributed by atoms with Gasteiger partial charge in [-0.2, -0.15) is 13.2 Å². The summed E-state index contributed by atoms with van der Waals surface area (Å²) in [4.78, 5) is 26.6. The number of amides is 2. The average Bonchev–Trinajstić information content (AvgIpc) is 3.23. The number of halogens is 3. The summed E-state index contributed by atoms with van der Waals surface area (Å²) >= 11 is 0. The normalized spacial score (nSPS) is 19.8. The van der Waals surface area contributed by atoms with E-state index in [1.165, 1.54) is 10.8 Å². The van der Waals surface area contributed by atoms with Crippen LogP contribution in [0.2, 0.25) is 0 Å². The number of carbonyl (C=O) groups is 2. The highest BCUT2D eigenvalue weighted by molar-refractivity contribution is 7.90. The van der Waals surface area contributed by atoms with E-state index in [2.05, 4.69) is 10.6 Å². The Balaban J connectivity index is 1.55. The van der Waals surface area contributed by atoms with Gasteiger partial charge in [0.15, 0.2) is 6.23 Å². The lowest BCUT2D eigenvalue weighted by Gasteiger charge is -2.22. The zero-order valence-corrected chi connectivity index (χ0v) is 17.5. The first kappa shape index (κ1) is 22.8. The van der Waals surface area contributed by atoms with Crippen LogP contribution in [0, 0.1) is 0 Å². The summed E-state index contributed by atoms with van der Waals surface area (Å²) in [6, 6.07) is 12.3. The van der Waals surface area contributed by atoms with Gasteiger partial charge in [0.2, 0.25) is 5.78 Å². The van der Waals surface area contributed by atoms with E-state index in [-0.39, 0.29) is 22.7 Å². The number of benzene rings is 2. The Morgan fingerprint density at radius 3 is 2.36 bits per heavy atom. The van der Waals surface area contributed by atoms with E-state index < -0.39 is 40.9 Å². The monoisotopic (exact) mass is 482 g/mol. The van der Waals surface area contributed by atoms with Crippen LogP contribution in [-0.4, -0.2) is 50.2 Å². The number of rotatable bonds is 4. The number of allylic oxidation sites excluding steroid dienone is 1. The van der Waals surface area contributed by atoms with Crippen LogP contribution in [0.25, 0.3) is 5.57 Å². The van der Waals surface area contributed by atoms with Crippen LogP contribution >= 0.6 is 0 Å². The third-order valence-electron chi connectivity index (χ3n) is 5.10. The fraction of sp³-hybridized carbons (Fsp3) is 0.200. The maximum Gasteiger partial charge on any atom is 0.511 e. The molecule has 0 aliphatic carbocycles. The molecule has 1 atom stereocenters. The van der Waals surface area contributed by atoms with Crippen molar-refractivity contribution in [1.82, 2.24) is 10.0 Å². The molecule has 0 radical (unpaired) electrons. The summed E-state index contributed by atoms with van der Waals surface area (Å²) in [7, 11) is -5.54. The lowest BCUT2D eigenvalue weighted by Crippen LogP contribution is -2.47. The predicted molar refractivity (Wildman–Crippen MR) is 113 cm³/mol. The second-order valence-corrected chi connectivity index (χ2v) is 8.88. The lowest BCUT2D eigenvalue weighted by atomic mass is 10.0. The number of fused-ring (bicyclic) bond motifs is 2. The summed E-state index contributed by atoms with van der Waals surface area (Å²) in [6.45, 7) is -1.20. The molecule has 0 aromatic heterocycles. The van der Waals surface area contributed by atoms with Crippen molar-refractivity contribution in [3.63, 3.8) is 0 Å². The first-order chi connectivity index (χ1) is 15.5. The molecular formula is C20H17F3N4O5S. The summed E-state index contributed by atoms with van der Waals surface area (Å²) in [5, 5.41) is 16.2. The van der Waals surface area contributed by atoms with Crippen molar-refractivity contribution >= 4 is 38.8 Å². The van der Waals surface area contributed by atoms with Gasteiger partial charge in [0, 0.05) is 35.5 Å². The van der Waals surface area contributed by atoms with Crippen LogP contribution in [0.15, 0.2) is 54.2 Å². The third-order valence-corrected chi connectivity index (χ3v) is 6.29. The number of carbonyl (C=O) groups excluding carboxylic acids is 2. The average molecular weight is 482 g/mol. The number of urea groups is 1. The molecule has 1 unspecified atom stereocenters. The Hall–Kier alpha value is -3.42. The van der Waals surface area contributed by atoms with Crippen molar-refractivity contribution in [2.75, 3.05) is 23.3 Å². The fourth-order valence-electron chi connectivity index (χ4n) is 3.62. The molecule has 9 nitrogen and oxygen atoms in total. The third kappa shape index (κ3) is 3.94. The number of Topliss-reactive ketones (excluding diaryl/α,β-unsaturated/α-hetero) is 1. The molecule has 4 N–H and O–H groups in total. The number of anilines is 2. The van der Waals surface area contributed by atoms with Crippen LogP contribution in [0.4, 0.5) is 29.3 Å². The Morgan fingerprint density at radius 1 is 1.06 bits per heavy atom. The predicted octanol–water partition coefficient (Wildman–Crippen LogP) is 1.99. The van der Waals surface area contributed by atoms with Crippen LogP contribution in [0.5, 0.6) is 0 Å². The van der Waals surface area contributed by atoms with Crippen molar-refractivity contribution in [3.05, 3.63) is 65.4 Å². The standard InChI is InChI=1S/C20H17F3N4O5S/c21-20(22,23)33(31,32)25-10-9-24-19(30)27-14-8-4-2-6-12(14)15(18(27)29)16-17(28)11-5-1-3-7-13(11)26-16/h1-8,18,25-26,29H,9-10H2,(H,24,30)/b16-15-. The number of nitrogens with one attached hydrogen (secondary N) is 3. The van der Waals surface area contributed by atoms with E-state index in [4.69, 9.17) is 0 Å². The Morgan fingerprint density at radius 2 is 1.70 bits per heavy atom. The molecule has 0 fully saturated rings. The van der Waals surface area contributed by atoms with E-state index in [1.807, 2.05) is 0 Å². The molecule has 13 heteroatoms. The smallest absolute Gasteiger partial charge is 0.369 e. The number of hydrogen-bond acceptors (Lipinski definition) is 6. The van der Waals surface area contributed by atoms with Crippen molar-refractivity contribution in [2.24, 2.45) is 0 Å². The molecule has 2 aromatic carbocycles. The van der Waals surface area contributed by atoms with Gasteiger partial charge in [-0.25, -0.2) is 17.9 Å². The Kier molecular flexibility index (Phi) is 5.64. The maximum atomic E-state index is 12.9. The van der Waals surface area contributed by atoms with E-state index in [1.54, 1.807) is 42.5 Å². The van der Waals surface area contributed by atoms with Gasteiger partial charge in [0.25, 0.3) is 0 Å². The molecule has 2 aromatic rings. The minimum atomic E-state index is -5.54. The van der Waals surface area contributed by atoms with Crippen molar-refractivity contribution in [1.29, 1.82) is 0 Å². The van der Waals surface area contributed by atoms with E-state index in [0.717, 1.165) is 4.90 Å². The molecule has 174 valence electrons. The highest BCUT2D eigenvalue weighted by Gasteiger charge is 2.45. The number of ketones is 1. The highest BCUT2D eigenvalue weighted by atomic mass is 32.2. The van der Waals surface area contributed by atoms with Crippen LogP contribution in [0.3, 0.4) is 0 Å². The summed E-state index contributed by atoms with van der Waals surface area (Å²) in [5.41, 5.74) is -3.56. The van der Waals surface area contributed by atoms with Gasteiger partial charge in [-0.1, -0.05) is 30.3 Å². The Bertz CT molecular complexity index is 1280. The minimum Gasteiger partial charge on any atom is -0.369 e. The first-order valence-electron chi connectivity index (χ1n) is 9.58. The molecule has 33 heavy (non-hydrogen) atoms. The summed E-state index contributed by atoms with van der Waals surface area (Å²) in [5.74, 6) is -0.363. The Labute approximate surface area is 185 Å². The number of para-hydroxylation sites is 2. The van der Waals surface area contributed by atoms with Gasteiger partial charge in [-0.3, -0.25) is 9.69 Å². The lowest BCUT2D eigenvalue weighted by molar-refractivity contribution is -0.0447. The topological polar surface area (TPSA) is 128 Å². The highest BCUT2D eigenvalue weighted by Crippen LogP contribution is 2.43. The van der Waals surface area contributed by atoms with Crippen LogP contribution < -0.4 is 20.3 Å². The van der Waals surface area contributed by atoms with Crippen molar-refractivity contribution < 1.29 is 36.3 Å². The largest absolute Gasteiger partial charge is 0.511 e. The molecule has 2 aliphatic rings. The quantitative estimate of drug-likeness (QED) is 0.390. The van der Waals surface area contributed by atoms with Gasteiger partial charge in [-0.15, -0.1) is 0 Å². The maximum absolute atomic E-state index is 12.9. The van der Waals surface area contributed by atoms with Gasteiger partial charge >= 0.3 is 21.6 Å². The molecule has 2 heterocycles. The minimum absolute atomic E-state index is 0.101. The molecular weight excluding hydrogens is 465 g/mol. The fourth-order valence-corrected chi connectivity index (χ4v) is 4.16. The molecule has 0 saturated carbocycles. The number of nitrogens with zero attached hydrogens (tertiary/aromatic N) is 1. The second kappa shape index (κ2) is 8.17. The number of hydrogen-bond donors (Lipinski definition) is 4. The molecule has 4 rings (SSSR count). The molecule has 2 amide bonds. The number of aliphatic hydroxyl groups excluding tert-OH is 1. The van der Waals surface area contributed by atoms with E-state index >= 15 is 0 Å². The van der Waals surface area contributed by atoms with Crippen molar-refractivity contribution in [3.8, 4) is 0 Å². The van der Waals surface area contributed by atoms with Crippen molar-refractivity contribution in [2.45, 2.75) is 11.7 Å². The molecule has 0 spiro atoms. The number of sulfonamides is 1. The van der Waals surface area contributed by atoms with E-state index in [0.29, 0.717) is 16.8 Å². The summed E-state index contributed by atoms with van der Waals surface area (Å²) < 4.78 is 60.6. The molecule has 0 bridgehead atoms. The van der Waals surface area contributed by atoms with Gasteiger partial charge in [-0.05, 0) is 18.2 Å². The summed E-state index contributed by atoms with van der Waals surface area (Å²) in [6.07, 6.45) is -1.57. The second-order valence-electron chi connectivity index (χ2n) is 7.12. The zero-order valence-electron chi connectivity index (χ0n) is 16.7. The number of aliphatic hydroxyl groups is 1. The van der Waals surface area contributed by atoms with Crippen LogP contribution in [0.1, 0.15) is 15.9 Å². The first-order valence-corrected chi connectivity index (χ1v) is 11.1. The van der Waals surface area contributed by atoms with Gasteiger partial charge in [0.05, 0.1) is 11.4 Å². The molecule has 2 aliphatic heterocycles. The SMILES string of the molecule is O=C1/C(=C2\c3ccccc3N(C(=O)NCCNS(=O)(=O)C(F)(F)F)C2O)Nc2ccccc21. The van der Waals surface area contributed by atoms with Gasteiger partial charge in [0.1, 0.15) is 0 Å². The zero-order chi connectivity index (χ0) is 24.0. The molecule has 0 saturated heterocycles. The van der Waals surface area contributed by atoms with Gasteiger partial charge < -0.3 is 15.7 Å². The van der Waals surface area contributed by atoms with E-state index in [9.17, 15) is 36.3 Å².